The second kappa shape index (κ2) is 12.5. The van der Waals surface area contributed by atoms with Crippen LogP contribution in [0.4, 0.5) is 0 Å². The van der Waals surface area contributed by atoms with Gasteiger partial charge in [-0.3, -0.25) is 9.59 Å². The normalized spacial score (nSPS) is 15.1. The molecular formula is C26H33ClN2O3. The van der Waals surface area contributed by atoms with Crippen LogP contribution in [0.2, 0.25) is 5.02 Å². The summed E-state index contributed by atoms with van der Waals surface area (Å²) in [5, 5.41) is 3.81. The SMILES string of the molecule is C[C@H](C(=O)NC1CCCCC1)N(Cc1ccc(Cl)cc1)C(=O)CCCOc1ccccc1. The Morgan fingerprint density at radius 1 is 1.06 bits per heavy atom. The van der Waals surface area contributed by atoms with Crippen molar-refractivity contribution in [2.24, 2.45) is 0 Å². The minimum Gasteiger partial charge on any atom is -0.494 e. The molecule has 0 heterocycles. The van der Waals surface area contributed by atoms with Gasteiger partial charge in [0, 0.05) is 24.0 Å². The Hall–Kier alpha value is -2.53. The van der Waals surface area contributed by atoms with E-state index in [2.05, 4.69) is 5.32 Å². The summed E-state index contributed by atoms with van der Waals surface area (Å²) < 4.78 is 5.71. The lowest BCUT2D eigenvalue weighted by Crippen LogP contribution is -2.50. The molecule has 1 saturated carbocycles. The van der Waals surface area contributed by atoms with Gasteiger partial charge in [0.2, 0.25) is 11.8 Å². The lowest BCUT2D eigenvalue weighted by atomic mass is 9.95. The number of para-hydroxylation sites is 1. The summed E-state index contributed by atoms with van der Waals surface area (Å²) in [6.45, 7) is 2.63. The van der Waals surface area contributed by atoms with Gasteiger partial charge in [-0.1, -0.05) is 61.2 Å². The molecule has 1 N–H and O–H groups in total. The van der Waals surface area contributed by atoms with E-state index in [0.717, 1.165) is 37.0 Å². The fourth-order valence-corrected chi connectivity index (χ4v) is 4.14. The standard InChI is InChI=1S/C26H33ClN2O3/c1-20(26(31)28-23-9-4-2-5-10-23)29(19-21-14-16-22(27)17-15-21)25(30)13-8-18-32-24-11-6-3-7-12-24/h3,6-7,11-12,14-17,20,23H,2,4-5,8-10,13,18-19H2,1H3,(H,28,31)/t20-/m1/s1. The van der Waals surface area contributed by atoms with Crippen LogP contribution in [0, 0.1) is 0 Å². The first kappa shape index (κ1) is 24.1. The average molecular weight is 457 g/mol. The number of hydrogen-bond acceptors (Lipinski definition) is 3. The number of rotatable bonds is 10. The molecule has 1 aliphatic carbocycles. The van der Waals surface area contributed by atoms with Crippen molar-refractivity contribution < 1.29 is 14.3 Å². The maximum absolute atomic E-state index is 13.1. The molecule has 32 heavy (non-hydrogen) atoms. The predicted octanol–water partition coefficient (Wildman–Crippen LogP) is 5.37. The van der Waals surface area contributed by atoms with Crippen molar-refractivity contribution in [3.8, 4) is 5.75 Å². The molecular weight excluding hydrogens is 424 g/mol. The van der Waals surface area contributed by atoms with Crippen LogP contribution < -0.4 is 10.1 Å². The molecule has 0 spiro atoms. The van der Waals surface area contributed by atoms with Crippen molar-refractivity contribution in [3.63, 3.8) is 0 Å². The molecule has 172 valence electrons. The van der Waals surface area contributed by atoms with Crippen molar-refractivity contribution in [2.75, 3.05) is 6.61 Å². The second-order valence-electron chi connectivity index (χ2n) is 8.43. The molecule has 1 atom stereocenters. The van der Waals surface area contributed by atoms with Crippen LogP contribution in [0.15, 0.2) is 54.6 Å². The molecule has 2 aromatic rings. The molecule has 0 radical (unpaired) electrons. The van der Waals surface area contributed by atoms with Crippen LogP contribution in [-0.4, -0.2) is 35.4 Å². The second-order valence-corrected chi connectivity index (χ2v) is 8.87. The first-order valence-corrected chi connectivity index (χ1v) is 11.9. The van der Waals surface area contributed by atoms with E-state index in [0.29, 0.717) is 31.0 Å². The molecule has 0 aromatic heterocycles. The number of nitrogens with one attached hydrogen (secondary N) is 1. The summed E-state index contributed by atoms with van der Waals surface area (Å²) in [5.74, 6) is 0.654. The highest BCUT2D eigenvalue weighted by atomic mass is 35.5. The minimum atomic E-state index is -0.546. The van der Waals surface area contributed by atoms with E-state index in [1.54, 1.807) is 17.0 Å². The molecule has 0 bridgehead atoms. The number of ether oxygens (including phenoxy) is 1. The summed E-state index contributed by atoms with van der Waals surface area (Å²) in [7, 11) is 0. The number of nitrogens with zero attached hydrogens (tertiary/aromatic N) is 1. The quantitative estimate of drug-likeness (QED) is 0.489. The van der Waals surface area contributed by atoms with E-state index in [1.165, 1.54) is 6.42 Å². The summed E-state index contributed by atoms with van der Waals surface area (Å²) >= 11 is 6.01. The lowest BCUT2D eigenvalue weighted by molar-refractivity contribution is -0.141. The molecule has 6 heteroatoms. The molecule has 3 rings (SSSR count). The number of hydrogen-bond donors (Lipinski definition) is 1. The van der Waals surface area contributed by atoms with Crippen LogP contribution in [-0.2, 0) is 16.1 Å². The number of carbonyl (C=O) groups excluding carboxylic acids is 2. The van der Waals surface area contributed by atoms with Crippen LogP contribution in [0.5, 0.6) is 5.75 Å². The van der Waals surface area contributed by atoms with Crippen molar-refractivity contribution in [1.29, 1.82) is 0 Å². The van der Waals surface area contributed by atoms with Gasteiger partial charge in [-0.05, 0) is 56.0 Å². The molecule has 1 fully saturated rings. The third-order valence-electron chi connectivity index (χ3n) is 5.93. The van der Waals surface area contributed by atoms with Crippen molar-refractivity contribution in [2.45, 2.75) is 70.5 Å². The van der Waals surface area contributed by atoms with Crippen LogP contribution >= 0.6 is 11.6 Å². The largest absolute Gasteiger partial charge is 0.494 e. The highest BCUT2D eigenvalue weighted by Gasteiger charge is 2.27. The van der Waals surface area contributed by atoms with Gasteiger partial charge in [-0.25, -0.2) is 0 Å². The summed E-state index contributed by atoms with van der Waals surface area (Å²) in [6.07, 6.45) is 6.46. The maximum Gasteiger partial charge on any atom is 0.242 e. The Morgan fingerprint density at radius 3 is 2.44 bits per heavy atom. The van der Waals surface area contributed by atoms with E-state index in [1.807, 2.05) is 49.4 Å². The Balaban J connectivity index is 1.59. The number of amides is 2. The fourth-order valence-electron chi connectivity index (χ4n) is 4.01. The topological polar surface area (TPSA) is 58.6 Å². The van der Waals surface area contributed by atoms with Gasteiger partial charge >= 0.3 is 0 Å². The molecule has 5 nitrogen and oxygen atoms in total. The number of halogens is 1. The first-order valence-electron chi connectivity index (χ1n) is 11.5. The summed E-state index contributed by atoms with van der Waals surface area (Å²) in [4.78, 5) is 27.8. The van der Waals surface area contributed by atoms with Gasteiger partial charge in [-0.15, -0.1) is 0 Å². The molecule has 0 unspecified atom stereocenters. The zero-order valence-corrected chi connectivity index (χ0v) is 19.5. The monoisotopic (exact) mass is 456 g/mol. The summed E-state index contributed by atoms with van der Waals surface area (Å²) in [5.41, 5.74) is 0.945. The molecule has 1 aliphatic rings. The van der Waals surface area contributed by atoms with Crippen LogP contribution in [0.3, 0.4) is 0 Å². The molecule has 2 amide bonds. The average Bonchev–Trinajstić information content (AvgIpc) is 2.82. The van der Waals surface area contributed by atoms with Crippen molar-refractivity contribution >= 4 is 23.4 Å². The minimum absolute atomic E-state index is 0.0529. The predicted molar refractivity (Wildman–Crippen MR) is 128 cm³/mol. The summed E-state index contributed by atoms with van der Waals surface area (Å²) in [6, 6.07) is 16.6. The van der Waals surface area contributed by atoms with Crippen molar-refractivity contribution in [1.82, 2.24) is 10.2 Å². The fraction of sp³-hybridized carbons (Fsp3) is 0.462. The Kier molecular flexibility index (Phi) is 9.42. The van der Waals surface area contributed by atoms with Crippen molar-refractivity contribution in [3.05, 3.63) is 65.2 Å². The molecule has 0 saturated heterocycles. The van der Waals surface area contributed by atoms with Gasteiger partial charge in [0.15, 0.2) is 0 Å². The van der Waals surface area contributed by atoms with Gasteiger partial charge in [-0.2, -0.15) is 0 Å². The van der Waals surface area contributed by atoms with Gasteiger partial charge in [0.05, 0.1) is 6.61 Å². The third kappa shape index (κ3) is 7.56. The number of carbonyl (C=O) groups is 2. The van der Waals surface area contributed by atoms with Gasteiger partial charge in [0.1, 0.15) is 11.8 Å². The number of benzene rings is 2. The zero-order valence-electron chi connectivity index (χ0n) is 18.8. The maximum atomic E-state index is 13.1. The first-order chi connectivity index (χ1) is 15.5. The Morgan fingerprint density at radius 2 is 1.75 bits per heavy atom. The van der Waals surface area contributed by atoms with E-state index in [9.17, 15) is 9.59 Å². The highest BCUT2D eigenvalue weighted by molar-refractivity contribution is 6.30. The zero-order chi connectivity index (χ0) is 22.8. The van der Waals surface area contributed by atoms with Gasteiger partial charge in [0.25, 0.3) is 0 Å². The Labute approximate surface area is 196 Å². The Bertz CT molecular complexity index is 851. The lowest BCUT2D eigenvalue weighted by Gasteiger charge is -2.31. The van der Waals surface area contributed by atoms with E-state index in [4.69, 9.17) is 16.3 Å². The van der Waals surface area contributed by atoms with E-state index < -0.39 is 6.04 Å². The van der Waals surface area contributed by atoms with Gasteiger partial charge < -0.3 is 15.0 Å². The smallest absolute Gasteiger partial charge is 0.242 e. The molecule has 2 aromatic carbocycles. The third-order valence-corrected chi connectivity index (χ3v) is 6.18. The molecule has 0 aliphatic heterocycles. The van der Waals surface area contributed by atoms with E-state index in [-0.39, 0.29) is 17.9 Å². The highest BCUT2D eigenvalue weighted by Crippen LogP contribution is 2.19. The van der Waals surface area contributed by atoms with E-state index >= 15 is 0 Å². The van der Waals surface area contributed by atoms with Crippen LogP contribution in [0.1, 0.15) is 57.4 Å². The van der Waals surface area contributed by atoms with Crippen LogP contribution in [0.25, 0.3) is 0 Å².